The SMILES string of the molecule is CCOC(=O)C(C)Oc1ccc(C=NNC(=O)C(C)C(=O)Nc2ccc(OC)cc2)cc1. The van der Waals surface area contributed by atoms with Crippen LogP contribution in [0.15, 0.2) is 53.6 Å². The molecule has 9 nitrogen and oxygen atoms in total. The molecule has 0 saturated heterocycles. The topological polar surface area (TPSA) is 115 Å². The molecule has 2 aromatic carbocycles. The Bertz CT molecular complexity index is 941. The monoisotopic (exact) mass is 441 g/mol. The van der Waals surface area contributed by atoms with E-state index in [0.717, 1.165) is 0 Å². The summed E-state index contributed by atoms with van der Waals surface area (Å²) in [4.78, 5) is 36.1. The maximum atomic E-state index is 12.3. The summed E-state index contributed by atoms with van der Waals surface area (Å²) in [6, 6.07) is 13.5. The van der Waals surface area contributed by atoms with Gasteiger partial charge in [0.05, 0.1) is 19.9 Å². The number of hydrogen-bond acceptors (Lipinski definition) is 7. The molecule has 0 heterocycles. The quantitative estimate of drug-likeness (QED) is 0.254. The number of amides is 2. The molecule has 2 N–H and O–H groups in total. The van der Waals surface area contributed by atoms with Crippen LogP contribution in [0.5, 0.6) is 11.5 Å². The molecule has 0 aliphatic carbocycles. The number of rotatable bonds is 10. The Hall–Kier alpha value is -3.88. The smallest absolute Gasteiger partial charge is 0.347 e. The zero-order valence-electron chi connectivity index (χ0n) is 18.5. The van der Waals surface area contributed by atoms with Crippen molar-refractivity contribution in [1.29, 1.82) is 0 Å². The number of ether oxygens (including phenoxy) is 3. The minimum Gasteiger partial charge on any atom is -0.497 e. The van der Waals surface area contributed by atoms with Crippen molar-refractivity contribution in [2.24, 2.45) is 11.0 Å². The van der Waals surface area contributed by atoms with Crippen LogP contribution >= 0.6 is 0 Å². The van der Waals surface area contributed by atoms with Gasteiger partial charge in [-0.2, -0.15) is 5.10 Å². The number of esters is 1. The molecule has 2 aromatic rings. The first-order valence-electron chi connectivity index (χ1n) is 10.0. The summed E-state index contributed by atoms with van der Waals surface area (Å²) in [6.45, 7) is 5.11. The lowest BCUT2D eigenvalue weighted by Crippen LogP contribution is -2.34. The van der Waals surface area contributed by atoms with Gasteiger partial charge in [0.25, 0.3) is 5.91 Å². The predicted octanol–water partition coefficient (Wildman–Crippen LogP) is 2.75. The minimum atomic E-state index is -0.950. The van der Waals surface area contributed by atoms with Crippen LogP contribution < -0.4 is 20.2 Å². The van der Waals surface area contributed by atoms with E-state index in [1.54, 1.807) is 69.5 Å². The van der Waals surface area contributed by atoms with Gasteiger partial charge in [0.2, 0.25) is 5.91 Å². The van der Waals surface area contributed by atoms with Crippen molar-refractivity contribution in [3.05, 3.63) is 54.1 Å². The van der Waals surface area contributed by atoms with Crippen LogP contribution in [0, 0.1) is 5.92 Å². The van der Waals surface area contributed by atoms with Gasteiger partial charge in [0.1, 0.15) is 17.4 Å². The molecule has 2 amide bonds. The standard InChI is InChI=1S/C23H27N3O6/c1-5-31-23(29)16(3)32-20-10-6-17(7-11-20)14-24-26-22(28)15(2)21(27)25-18-8-12-19(30-4)13-9-18/h6-16H,5H2,1-4H3,(H,25,27)(H,26,28). The molecule has 2 atom stereocenters. The Kier molecular flexibility index (Phi) is 9.22. The van der Waals surface area contributed by atoms with Gasteiger partial charge in [0, 0.05) is 5.69 Å². The first-order valence-corrected chi connectivity index (χ1v) is 10.0. The van der Waals surface area contributed by atoms with E-state index in [1.807, 2.05) is 0 Å². The molecule has 0 fully saturated rings. The van der Waals surface area contributed by atoms with E-state index in [1.165, 1.54) is 13.1 Å². The van der Waals surface area contributed by atoms with Crippen LogP contribution in [0.1, 0.15) is 26.3 Å². The molecule has 0 radical (unpaired) electrons. The summed E-state index contributed by atoms with van der Waals surface area (Å²) in [6.07, 6.45) is 0.712. The van der Waals surface area contributed by atoms with E-state index in [9.17, 15) is 14.4 Å². The summed E-state index contributed by atoms with van der Waals surface area (Å²) in [5, 5.41) is 6.55. The van der Waals surface area contributed by atoms with Crippen molar-refractivity contribution in [2.45, 2.75) is 26.9 Å². The highest BCUT2D eigenvalue weighted by atomic mass is 16.6. The first-order chi connectivity index (χ1) is 15.3. The number of anilines is 1. The second-order valence-corrected chi connectivity index (χ2v) is 6.75. The lowest BCUT2D eigenvalue weighted by molar-refractivity contribution is -0.150. The van der Waals surface area contributed by atoms with Gasteiger partial charge in [-0.1, -0.05) is 0 Å². The van der Waals surface area contributed by atoms with Crippen LogP contribution in [0.3, 0.4) is 0 Å². The highest BCUT2D eigenvalue weighted by molar-refractivity contribution is 6.06. The van der Waals surface area contributed by atoms with Gasteiger partial charge in [-0.25, -0.2) is 10.2 Å². The molecule has 9 heteroatoms. The highest BCUT2D eigenvalue weighted by Crippen LogP contribution is 2.16. The third kappa shape index (κ3) is 7.42. The van der Waals surface area contributed by atoms with E-state index in [4.69, 9.17) is 14.2 Å². The highest BCUT2D eigenvalue weighted by Gasteiger charge is 2.21. The van der Waals surface area contributed by atoms with Gasteiger partial charge < -0.3 is 19.5 Å². The zero-order chi connectivity index (χ0) is 23.5. The van der Waals surface area contributed by atoms with Gasteiger partial charge in [-0.05, 0) is 74.9 Å². The summed E-state index contributed by atoms with van der Waals surface area (Å²) in [5.41, 5.74) is 3.59. The van der Waals surface area contributed by atoms with Gasteiger partial charge in [-0.15, -0.1) is 0 Å². The fourth-order valence-corrected chi connectivity index (χ4v) is 2.46. The van der Waals surface area contributed by atoms with Gasteiger partial charge in [-0.3, -0.25) is 9.59 Å². The summed E-state index contributed by atoms with van der Waals surface area (Å²) >= 11 is 0. The normalized spacial score (nSPS) is 12.5. The molecule has 2 unspecified atom stereocenters. The number of methoxy groups -OCH3 is 1. The summed E-state index contributed by atoms with van der Waals surface area (Å²) in [7, 11) is 1.55. The molecule has 0 aliphatic heterocycles. The number of nitrogens with zero attached hydrogens (tertiary/aromatic N) is 1. The second kappa shape index (κ2) is 12.1. The van der Waals surface area contributed by atoms with Crippen molar-refractivity contribution < 1.29 is 28.6 Å². The molecule has 0 spiro atoms. The third-order valence-corrected chi connectivity index (χ3v) is 4.34. The maximum absolute atomic E-state index is 12.3. The summed E-state index contributed by atoms with van der Waals surface area (Å²) < 4.78 is 15.5. The average molecular weight is 441 g/mol. The average Bonchev–Trinajstić information content (AvgIpc) is 2.80. The summed E-state index contributed by atoms with van der Waals surface area (Å²) in [5.74, 6) is -1.23. The predicted molar refractivity (Wildman–Crippen MR) is 120 cm³/mol. The van der Waals surface area contributed by atoms with E-state index < -0.39 is 29.8 Å². The Morgan fingerprint density at radius 3 is 2.19 bits per heavy atom. The van der Waals surface area contributed by atoms with Crippen molar-refractivity contribution in [3.63, 3.8) is 0 Å². The fourth-order valence-electron chi connectivity index (χ4n) is 2.46. The zero-order valence-corrected chi connectivity index (χ0v) is 18.5. The third-order valence-electron chi connectivity index (χ3n) is 4.34. The molecule has 170 valence electrons. The first kappa shape index (κ1) is 24.4. The number of carbonyl (C=O) groups excluding carboxylic acids is 3. The van der Waals surface area contributed by atoms with Crippen LogP contribution in [-0.4, -0.2) is 43.8 Å². The molecule has 0 aliphatic rings. The molecule has 0 aromatic heterocycles. The van der Waals surface area contributed by atoms with Crippen LogP contribution in [0.4, 0.5) is 5.69 Å². The lowest BCUT2D eigenvalue weighted by atomic mass is 10.1. The van der Waals surface area contributed by atoms with Crippen molar-refractivity contribution >= 4 is 29.7 Å². The minimum absolute atomic E-state index is 0.287. The number of carbonyl (C=O) groups is 3. The van der Waals surface area contributed by atoms with E-state index in [2.05, 4.69) is 15.8 Å². The van der Waals surface area contributed by atoms with Crippen molar-refractivity contribution in [1.82, 2.24) is 5.43 Å². The fraction of sp³-hybridized carbons (Fsp3) is 0.304. The van der Waals surface area contributed by atoms with E-state index in [0.29, 0.717) is 22.7 Å². The molecule has 0 saturated carbocycles. The van der Waals surface area contributed by atoms with Crippen molar-refractivity contribution in [2.75, 3.05) is 19.0 Å². The Balaban J connectivity index is 1.83. The van der Waals surface area contributed by atoms with Crippen molar-refractivity contribution in [3.8, 4) is 11.5 Å². The van der Waals surface area contributed by atoms with Gasteiger partial charge >= 0.3 is 5.97 Å². The number of hydrogen-bond donors (Lipinski definition) is 2. The number of nitrogens with one attached hydrogen (secondary N) is 2. The number of hydrazone groups is 1. The van der Waals surface area contributed by atoms with Crippen LogP contribution in [0.2, 0.25) is 0 Å². The molecular formula is C23H27N3O6. The van der Waals surface area contributed by atoms with Gasteiger partial charge in [0.15, 0.2) is 6.10 Å². The van der Waals surface area contributed by atoms with Crippen LogP contribution in [0.25, 0.3) is 0 Å². The largest absolute Gasteiger partial charge is 0.497 e. The Morgan fingerprint density at radius 1 is 0.969 bits per heavy atom. The lowest BCUT2D eigenvalue weighted by Gasteiger charge is -2.13. The molecular weight excluding hydrogens is 414 g/mol. The van der Waals surface area contributed by atoms with Crippen LogP contribution in [-0.2, 0) is 19.1 Å². The number of benzene rings is 2. The Morgan fingerprint density at radius 2 is 1.59 bits per heavy atom. The maximum Gasteiger partial charge on any atom is 0.347 e. The van der Waals surface area contributed by atoms with E-state index >= 15 is 0 Å². The second-order valence-electron chi connectivity index (χ2n) is 6.75. The van der Waals surface area contributed by atoms with E-state index in [-0.39, 0.29) is 6.61 Å². The molecule has 2 rings (SSSR count). The molecule has 0 bridgehead atoms. The molecule has 32 heavy (non-hydrogen) atoms. The Labute approximate surface area is 186 Å².